The summed E-state index contributed by atoms with van der Waals surface area (Å²) in [5, 5.41) is 12.1. The lowest BCUT2D eigenvalue weighted by Gasteiger charge is -2.11. The lowest BCUT2D eigenvalue weighted by atomic mass is 10.2. The van der Waals surface area contributed by atoms with Crippen molar-refractivity contribution in [3.63, 3.8) is 0 Å². The third-order valence-electron chi connectivity index (χ3n) is 1.91. The van der Waals surface area contributed by atoms with Crippen molar-refractivity contribution in [2.75, 3.05) is 13.2 Å². The Bertz CT molecular complexity index is 221. The summed E-state index contributed by atoms with van der Waals surface area (Å²) in [7, 11) is 0. The minimum Gasteiger partial charge on any atom is -0.499 e. The van der Waals surface area contributed by atoms with E-state index in [1.54, 1.807) is 6.26 Å². The van der Waals surface area contributed by atoms with Gasteiger partial charge in [-0.3, -0.25) is 0 Å². The van der Waals surface area contributed by atoms with Crippen LogP contribution in [0.15, 0.2) is 23.6 Å². The Morgan fingerprint density at radius 2 is 2.62 bits per heavy atom. The van der Waals surface area contributed by atoms with E-state index in [9.17, 15) is 0 Å². The van der Waals surface area contributed by atoms with E-state index in [0.29, 0.717) is 0 Å². The van der Waals surface area contributed by atoms with Gasteiger partial charge in [0.2, 0.25) is 0 Å². The molecule has 0 bridgehead atoms. The van der Waals surface area contributed by atoms with Gasteiger partial charge in [-0.15, -0.1) is 0 Å². The SMILES string of the molecule is C/C(=C/C(C)NC1=COCC1)CO. The molecule has 1 aliphatic rings. The molecule has 0 aromatic heterocycles. The van der Waals surface area contributed by atoms with E-state index in [1.807, 2.05) is 13.0 Å². The highest BCUT2D eigenvalue weighted by atomic mass is 16.5. The summed E-state index contributed by atoms with van der Waals surface area (Å²) in [5.41, 5.74) is 2.12. The van der Waals surface area contributed by atoms with E-state index >= 15 is 0 Å². The Morgan fingerprint density at radius 1 is 1.85 bits per heavy atom. The molecule has 0 aliphatic carbocycles. The molecule has 1 heterocycles. The van der Waals surface area contributed by atoms with Crippen LogP contribution in [0, 0.1) is 0 Å². The van der Waals surface area contributed by atoms with E-state index in [1.165, 1.54) is 0 Å². The first kappa shape index (κ1) is 10.1. The molecular formula is C10H17NO2. The van der Waals surface area contributed by atoms with E-state index in [0.717, 1.165) is 24.3 Å². The first-order valence-electron chi connectivity index (χ1n) is 4.57. The largest absolute Gasteiger partial charge is 0.499 e. The molecule has 1 aliphatic heterocycles. The van der Waals surface area contributed by atoms with Crippen LogP contribution in [0.5, 0.6) is 0 Å². The Labute approximate surface area is 79.1 Å². The maximum Gasteiger partial charge on any atom is 0.102 e. The van der Waals surface area contributed by atoms with Crippen molar-refractivity contribution < 1.29 is 9.84 Å². The summed E-state index contributed by atoms with van der Waals surface area (Å²) in [6.07, 6.45) is 4.73. The number of aliphatic hydroxyl groups excluding tert-OH is 1. The molecule has 3 nitrogen and oxygen atoms in total. The zero-order chi connectivity index (χ0) is 9.68. The number of ether oxygens (including phenoxy) is 1. The van der Waals surface area contributed by atoms with E-state index < -0.39 is 0 Å². The highest BCUT2D eigenvalue weighted by Crippen LogP contribution is 2.08. The van der Waals surface area contributed by atoms with Gasteiger partial charge in [0.05, 0.1) is 13.2 Å². The molecule has 0 fully saturated rings. The van der Waals surface area contributed by atoms with Crippen molar-refractivity contribution >= 4 is 0 Å². The topological polar surface area (TPSA) is 41.5 Å². The van der Waals surface area contributed by atoms with Crippen LogP contribution in [-0.2, 0) is 4.74 Å². The van der Waals surface area contributed by atoms with Gasteiger partial charge in [0.25, 0.3) is 0 Å². The van der Waals surface area contributed by atoms with Crippen LogP contribution >= 0.6 is 0 Å². The van der Waals surface area contributed by atoms with Gasteiger partial charge in [-0.25, -0.2) is 0 Å². The normalized spacial score (nSPS) is 19.3. The van der Waals surface area contributed by atoms with Crippen molar-refractivity contribution in [3.8, 4) is 0 Å². The smallest absolute Gasteiger partial charge is 0.102 e. The molecule has 0 aromatic rings. The highest BCUT2D eigenvalue weighted by Gasteiger charge is 2.06. The van der Waals surface area contributed by atoms with Crippen molar-refractivity contribution in [2.24, 2.45) is 0 Å². The minimum atomic E-state index is 0.127. The molecule has 0 spiro atoms. The van der Waals surface area contributed by atoms with Crippen LogP contribution < -0.4 is 5.32 Å². The zero-order valence-electron chi connectivity index (χ0n) is 8.21. The fraction of sp³-hybridized carbons (Fsp3) is 0.600. The summed E-state index contributed by atoms with van der Waals surface area (Å²) < 4.78 is 5.09. The van der Waals surface area contributed by atoms with Gasteiger partial charge < -0.3 is 15.2 Å². The Morgan fingerprint density at radius 3 is 3.15 bits per heavy atom. The molecule has 0 saturated carbocycles. The quantitative estimate of drug-likeness (QED) is 0.643. The molecule has 0 radical (unpaired) electrons. The molecule has 3 heteroatoms. The Kier molecular flexibility index (Phi) is 3.83. The molecular weight excluding hydrogens is 166 g/mol. The summed E-state index contributed by atoms with van der Waals surface area (Å²) in [4.78, 5) is 0. The molecule has 74 valence electrons. The minimum absolute atomic E-state index is 0.127. The number of aliphatic hydroxyl groups is 1. The molecule has 13 heavy (non-hydrogen) atoms. The highest BCUT2D eigenvalue weighted by molar-refractivity contribution is 5.08. The number of nitrogens with one attached hydrogen (secondary N) is 1. The van der Waals surface area contributed by atoms with E-state index in [4.69, 9.17) is 9.84 Å². The molecule has 1 unspecified atom stereocenters. The lowest BCUT2D eigenvalue weighted by molar-refractivity contribution is 0.281. The van der Waals surface area contributed by atoms with Gasteiger partial charge >= 0.3 is 0 Å². The third-order valence-corrected chi connectivity index (χ3v) is 1.91. The van der Waals surface area contributed by atoms with Crippen molar-refractivity contribution in [1.82, 2.24) is 5.32 Å². The Balaban J connectivity index is 2.36. The lowest BCUT2D eigenvalue weighted by Crippen LogP contribution is -2.23. The maximum absolute atomic E-state index is 8.81. The van der Waals surface area contributed by atoms with Crippen LogP contribution in [0.2, 0.25) is 0 Å². The van der Waals surface area contributed by atoms with Crippen LogP contribution in [-0.4, -0.2) is 24.4 Å². The van der Waals surface area contributed by atoms with Crippen molar-refractivity contribution in [1.29, 1.82) is 0 Å². The van der Waals surface area contributed by atoms with Gasteiger partial charge in [0, 0.05) is 18.2 Å². The van der Waals surface area contributed by atoms with Crippen molar-refractivity contribution in [2.45, 2.75) is 26.3 Å². The molecule has 0 saturated heterocycles. The molecule has 0 amide bonds. The fourth-order valence-corrected chi connectivity index (χ4v) is 1.31. The first-order chi connectivity index (χ1) is 6.22. The summed E-state index contributed by atoms with van der Waals surface area (Å²) >= 11 is 0. The number of hydrogen-bond donors (Lipinski definition) is 2. The third kappa shape index (κ3) is 3.51. The predicted molar refractivity (Wildman–Crippen MR) is 52.1 cm³/mol. The zero-order valence-corrected chi connectivity index (χ0v) is 8.21. The average Bonchev–Trinajstić information content (AvgIpc) is 2.56. The van der Waals surface area contributed by atoms with Gasteiger partial charge in [-0.1, -0.05) is 11.6 Å². The molecule has 1 atom stereocenters. The van der Waals surface area contributed by atoms with Crippen LogP contribution in [0.1, 0.15) is 20.3 Å². The van der Waals surface area contributed by atoms with Crippen LogP contribution in [0.3, 0.4) is 0 Å². The Hall–Kier alpha value is -0.960. The first-order valence-corrected chi connectivity index (χ1v) is 4.57. The monoisotopic (exact) mass is 183 g/mol. The molecule has 1 rings (SSSR count). The van der Waals surface area contributed by atoms with Gasteiger partial charge in [-0.2, -0.15) is 0 Å². The predicted octanol–water partition coefficient (Wildman–Crippen LogP) is 1.16. The average molecular weight is 183 g/mol. The fourth-order valence-electron chi connectivity index (χ4n) is 1.31. The molecule has 2 N–H and O–H groups in total. The van der Waals surface area contributed by atoms with Crippen LogP contribution in [0.25, 0.3) is 0 Å². The van der Waals surface area contributed by atoms with E-state index in [-0.39, 0.29) is 12.6 Å². The summed E-state index contributed by atoms with van der Waals surface area (Å²) in [6, 6.07) is 0.250. The number of hydrogen-bond acceptors (Lipinski definition) is 3. The number of rotatable bonds is 4. The summed E-state index contributed by atoms with van der Waals surface area (Å²) in [5.74, 6) is 0. The summed E-state index contributed by atoms with van der Waals surface area (Å²) in [6.45, 7) is 4.87. The second-order valence-electron chi connectivity index (χ2n) is 3.37. The van der Waals surface area contributed by atoms with Gasteiger partial charge in [-0.05, 0) is 13.8 Å². The standard InChI is InChI=1S/C10H17NO2/c1-8(6-12)5-9(2)11-10-3-4-13-7-10/h5,7,9,11-12H,3-4,6H2,1-2H3/b8-5-. The van der Waals surface area contributed by atoms with Crippen LogP contribution in [0.4, 0.5) is 0 Å². The maximum atomic E-state index is 8.81. The second-order valence-corrected chi connectivity index (χ2v) is 3.37. The van der Waals surface area contributed by atoms with Gasteiger partial charge in [0.1, 0.15) is 6.26 Å². The second kappa shape index (κ2) is 4.92. The molecule has 0 aromatic carbocycles. The van der Waals surface area contributed by atoms with Crippen molar-refractivity contribution in [3.05, 3.63) is 23.6 Å². The van der Waals surface area contributed by atoms with Gasteiger partial charge in [0.15, 0.2) is 0 Å². The van der Waals surface area contributed by atoms with E-state index in [2.05, 4.69) is 12.2 Å².